The van der Waals surface area contributed by atoms with Crippen molar-refractivity contribution in [3.05, 3.63) is 65.6 Å². The summed E-state index contributed by atoms with van der Waals surface area (Å²) in [4.78, 5) is 8.84. The molecule has 0 spiro atoms. The van der Waals surface area contributed by atoms with Crippen LogP contribution in [0.2, 0.25) is 0 Å². The van der Waals surface area contributed by atoms with Crippen LogP contribution in [-0.2, 0) is 11.3 Å². The zero-order valence-corrected chi connectivity index (χ0v) is 18.6. The number of aliphatic imine (C=N–C) groups is 1. The standard InChI is InChI=1S/C23H30N6O2/c1-17-13-18(2)29(28-17)22-10-9-19(15-25-22)16-26-23(24-3)27-20-7-5-8-21(14-20)31-12-6-11-30-4/h5,7-10,13-15H,6,11-12,16H2,1-4H3,(H2,24,26,27). The van der Waals surface area contributed by atoms with Crippen molar-refractivity contribution in [2.24, 2.45) is 4.99 Å². The highest BCUT2D eigenvalue weighted by molar-refractivity contribution is 5.93. The molecule has 0 fully saturated rings. The van der Waals surface area contributed by atoms with Crippen molar-refractivity contribution < 1.29 is 9.47 Å². The third-order valence-corrected chi connectivity index (χ3v) is 4.58. The predicted molar refractivity (Wildman–Crippen MR) is 123 cm³/mol. The van der Waals surface area contributed by atoms with Crippen LogP contribution in [0.25, 0.3) is 5.82 Å². The molecule has 1 aromatic carbocycles. The molecule has 2 aromatic heterocycles. The summed E-state index contributed by atoms with van der Waals surface area (Å²) in [7, 11) is 3.43. The summed E-state index contributed by atoms with van der Waals surface area (Å²) in [5, 5.41) is 11.1. The summed E-state index contributed by atoms with van der Waals surface area (Å²) in [5.74, 6) is 2.28. The van der Waals surface area contributed by atoms with E-state index in [0.29, 0.717) is 25.7 Å². The zero-order chi connectivity index (χ0) is 22.1. The lowest BCUT2D eigenvalue weighted by Crippen LogP contribution is -2.30. The Morgan fingerprint density at radius 3 is 2.68 bits per heavy atom. The molecule has 0 aliphatic carbocycles. The summed E-state index contributed by atoms with van der Waals surface area (Å²) in [6.45, 7) is 5.89. The minimum atomic E-state index is 0.595. The number of nitrogens with one attached hydrogen (secondary N) is 2. The van der Waals surface area contributed by atoms with Crippen molar-refractivity contribution in [2.45, 2.75) is 26.8 Å². The monoisotopic (exact) mass is 422 g/mol. The molecule has 0 atom stereocenters. The Hall–Kier alpha value is -3.39. The lowest BCUT2D eigenvalue weighted by Gasteiger charge is -2.13. The van der Waals surface area contributed by atoms with Crippen LogP contribution < -0.4 is 15.4 Å². The molecule has 0 aliphatic heterocycles. The van der Waals surface area contributed by atoms with Crippen LogP contribution in [0, 0.1) is 13.8 Å². The van der Waals surface area contributed by atoms with Crippen molar-refractivity contribution in [2.75, 3.05) is 32.7 Å². The SMILES string of the molecule is CN=C(NCc1ccc(-n2nc(C)cc2C)nc1)Nc1cccc(OCCCOC)c1. The molecule has 0 bridgehead atoms. The van der Waals surface area contributed by atoms with E-state index in [1.165, 1.54) is 0 Å². The molecule has 31 heavy (non-hydrogen) atoms. The van der Waals surface area contributed by atoms with Crippen molar-refractivity contribution in [3.63, 3.8) is 0 Å². The molecule has 3 rings (SSSR count). The number of hydrogen-bond donors (Lipinski definition) is 2. The number of ether oxygens (including phenoxy) is 2. The molecule has 0 unspecified atom stereocenters. The van der Waals surface area contributed by atoms with Gasteiger partial charge in [-0.05, 0) is 43.7 Å². The van der Waals surface area contributed by atoms with Crippen LogP contribution in [0.4, 0.5) is 5.69 Å². The van der Waals surface area contributed by atoms with Crippen LogP contribution in [0.1, 0.15) is 23.4 Å². The number of aromatic nitrogens is 3. The molecule has 2 N–H and O–H groups in total. The molecule has 8 heteroatoms. The summed E-state index contributed by atoms with van der Waals surface area (Å²) < 4.78 is 12.6. The first-order valence-electron chi connectivity index (χ1n) is 10.3. The van der Waals surface area contributed by atoms with E-state index in [4.69, 9.17) is 9.47 Å². The minimum absolute atomic E-state index is 0.595. The average Bonchev–Trinajstić information content (AvgIpc) is 3.12. The maximum absolute atomic E-state index is 5.76. The van der Waals surface area contributed by atoms with E-state index in [0.717, 1.165) is 40.6 Å². The molecule has 2 heterocycles. The summed E-state index contributed by atoms with van der Waals surface area (Å²) in [6.07, 6.45) is 2.70. The van der Waals surface area contributed by atoms with Gasteiger partial charge >= 0.3 is 0 Å². The van der Waals surface area contributed by atoms with Gasteiger partial charge in [0.15, 0.2) is 11.8 Å². The fraction of sp³-hybridized carbons (Fsp3) is 0.348. The predicted octanol–water partition coefficient (Wildman–Crippen LogP) is 3.49. The lowest BCUT2D eigenvalue weighted by atomic mass is 10.3. The van der Waals surface area contributed by atoms with Crippen molar-refractivity contribution >= 4 is 11.6 Å². The number of guanidine groups is 1. The Kier molecular flexibility index (Phi) is 8.00. The van der Waals surface area contributed by atoms with E-state index < -0.39 is 0 Å². The van der Waals surface area contributed by atoms with Crippen LogP contribution in [0.5, 0.6) is 5.75 Å². The number of benzene rings is 1. The number of anilines is 1. The molecule has 8 nitrogen and oxygen atoms in total. The topological polar surface area (TPSA) is 85.6 Å². The van der Waals surface area contributed by atoms with Gasteiger partial charge in [0.25, 0.3) is 0 Å². The van der Waals surface area contributed by atoms with E-state index in [1.807, 2.05) is 67.2 Å². The van der Waals surface area contributed by atoms with Crippen LogP contribution in [-0.4, -0.2) is 48.1 Å². The van der Waals surface area contributed by atoms with E-state index in [-0.39, 0.29) is 0 Å². The Morgan fingerprint density at radius 1 is 1.13 bits per heavy atom. The van der Waals surface area contributed by atoms with Crippen molar-refractivity contribution in [1.82, 2.24) is 20.1 Å². The van der Waals surface area contributed by atoms with Gasteiger partial charge in [0, 0.05) is 57.4 Å². The third kappa shape index (κ3) is 6.55. The smallest absolute Gasteiger partial charge is 0.195 e. The highest BCUT2D eigenvalue weighted by Crippen LogP contribution is 2.17. The van der Waals surface area contributed by atoms with Gasteiger partial charge < -0.3 is 20.1 Å². The maximum Gasteiger partial charge on any atom is 0.195 e. The first-order chi connectivity index (χ1) is 15.1. The van der Waals surface area contributed by atoms with E-state index in [1.54, 1.807) is 14.2 Å². The molecule has 0 aliphatic rings. The van der Waals surface area contributed by atoms with E-state index in [2.05, 4.69) is 25.7 Å². The Morgan fingerprint density at radius 2 is 2.00 bits per heavy atom. The van der Waals surface area contributed by atoms with Gasteiger partial charge in [0.05, 0.1) is 12.3 Å². The van der Waals surface area contributed by atoms with Crippen LogP contribution in [0.15, 0.2) is 53.7 Å². The van der Waals surface area contributed by atoms with E-state index in [9.17, 15) is 0 Å². The summed E-state index contributed by atoms with van der Waals surface area (Å²) in [5.41, 5.74) is 3.98. The quantitative estimate of drug-likeness (QED) is 0.312. The first kappa shape index (κ1) is 22.3. The largest absolute Gasteiger partial charge is 0.493 e. The van der Waals surface area contributed by atoms with Crippen molar-refractivity contribution in [3.8, 4) is 11.6 Å². The fourth-order valence-electron chi connectivity index (χ4n) is 3.07. The van der Waals surface area contributed by atoms with Crippen LogP contribution in [0.3, 0.4) is 0 Å². The minimum Gasteiger partial charge on any atom is -0.493 e. The second kappa shape index (κ2) is 11.1. The highest BCUT2D eigenvalue weighted by atomic mass is 16.5. The van der Waals surface area contributed by atoms with Gasteiger partial charge in [-0.3, -0.25) is 4.99 Å². The molecular formula is C23H30N6O2. The van der Waals surface area contributed by atoms with Gasteiger partial charge in [-0.15, -0.1) is 0 Å². The molecular weight excluding hydrogens is 392 g/mol. The molecule has 3 aromatic rings. The Bertz CT molecular complexity index is 998. The number of hydrogen-bond acceptors (Lipinski definition) is 5. The number of methoxy groups -OCH3 is 1. The maximum atomic E-state index is 5.76. The van der Waals surface area contributed by atoms with Gasteiger partial charge in [-0.1, -0.05) is 12.1 Å². The van der Waals surface area contributed by atoms with Gasteiger partial charge in [-0.25, -0.2) is 9.67 Å². The Labute approximate surface area is 183 Å². The number of nitrogens with zero attached hydrogens (tertiary/aromatic N) is 4. The molecule has 0 saturated carbocycles. The normalized spacial score (nSPS) is 11.4. The average molecular weight is 423 g/mol. The zero-order valence-electron chi connectivity index (χ0n) is 18.6. The Balaban J connectivity index is 1.54. The lowest BCUT2D eigenvalue weighted by molar-refractivity contribution is 0.172. The number of aryl methyl sites for hydroxylation is 2. The molecule has 0 radical (unpaired) electrons. The molecule has 164 valence electrons. The number of rotatable bonds is 9. The molecule has 0 saturated heterocycles. The first-order valence-corrected chi connectivity index (χ1v) is 10.3. The van der Waals surface area contributed by atoms with Crippen LogP contribution >= 0.6 is 0 Å². The van der Waals surface area contributed by atoms with Gasteiger partial charge in [0.2, 0.25) is 0 Å². The third-order valence-electron chi connectivity index (χ3n) is 4.58. The van der Waals surface area contributed by atoms with E-state index >= 15 is 0 Å². The number of pyridine rings is 1. The molecule has 0 amide bonds. The second-order valence-electron chi connectivity index (χ2n) is 7.14. The second-order valence-corrected chi connectivity index (χ2v) is 7.14. The van der Waals surface area contributed by atoms with Crippen molar-refractivity contribution in [1.29, 1.82) is 0 Å². The highest BCUT2D eigenvalue weighted by Gasteiger charge is 2.06. The van der Waals surface area contributed by atoms with Gasteiger partial charge in [0.1, 0.15) is 5.75 Å². The van der Waals surface area contributed by atoms with Gasteiger partial charge in [-0.2, -0.15) is 5.10 Å². The fourth-order valence-corrected chi connectivity index (χ4v) is 3.07. The summed E-state index contributed by atoms with van der Waals surface area (Å²) >= 11 is 0. The summed E-state index contributed by atoms with van der Waals surface area (Å²) in [6, 6.07) is 13.8.